The van der Waals surface area contributed by atoms with Gasteiger partial charge >= 0.3 is 0 Å². The van der Waals surface area contributed by atoms with E-state index in [1.165, 1.54) is 0 Å². The largest absolute Gasteiger partial charge is 0.462 e. The fourth-order valence-corrected chi connectivity index (χ4v) is 11.5. The lowest BCUT2D eigenvalue weighted by atomic mass is 10.5. The Morgan fingerprint density at radius 3 is 1.31 bits per heavy atom. The molecule has 13 heavy (non-hydrogen) atoms. The van der Waals surface area contributed by atoms with Crippen molar-refractivity contribution in [3.8, 4) is 12.0 Å². The molecule has 1 N–H and O–H groups in total. The molecule has 0 rings (SSSR count). The van der Waals surface area contributed by atoms with Crippen LogP contribution in [0.2, 0.25) is 43.9 Å². The minimum atomic E-state index is -1.34. The Labute approximate surface area is 84.6 Å². The van der Waals surface area contributed by atoms with E-state index in [0.717, 1.165) is 0 Å². The Bertz CT molecular complexity index is 220. The molecule has 0 aromatic carbocycles. The molecule has 0 aliphatic rings. The second-order valence-corrected chi connectivity index (χ2v) is 17.4. The summed E-state index contributed by atoms with van der Waals surface area (Å²) >= 11 is 0. The van der Waals surface area contributed by atoms with Crippen LogP contribution < -0.4 is 0 Å². The van der Waals surface area contributed by atoms with Crippen LogP contribution >= 0.6 is 0 Å². The number of aliphatic hydroxyl groups excluding tert-OH is 1. The maximum absolute atomic E-state index is 8.81. The summed E-state index contributed by atoms with van der Waals surface area (Å²) < 4.78 is 0.0920. The normalized spacial score (nSPS) is 13.5. The third-order valence-corrected chi connectivity index (χ3v) is 14.1. The molecule has 0 aromatic rings. The van der Waals surface area contributed by atoms with E-state index in [2.05, 4.69) is 58.2 Å². The first-order chi connectivity index (χ1) is 5.56. The molecular weight excluding hydrogens is 192 g/mol. The Hall–Kier alpha value is -0.206. The summed E-state index contributed by atoms with van der Waals surface area (Å²) in [5.74, 6) is 3.07. The zero-order chi connectivity index (χ0) is 10.9. The van der Waals surface area contributed by atoms with Crippen LogP contribution in [0.5, 0.6) is 0 Å². The summed E-state index contributed by atoms with van der Waals surface area (Å²) in [6, 6.07) is 0. The second kappa shape index (κ2) is 3.51. The minimum absolute atomic E-state index is 0.0920. The van der Waals surface area contributed by atoms with Gasteiger partial charge in [-0.15, -0.1) is 0 Å². The van der Waals surface area contributed by atoms with Crippen molar-refractivity contribution in [2.45, 2.75) is 50.9 Å². The number of rotatable bonds is 2. The summed E-state index contributed by atoms with van der Waals surface area (Å²) in [7, 11) is -2.68. The molecule has 3 heteroatoms. The van der Waals surface area contributed by atoms with Gasteiger partial charge in [-0.3, -0.25) is 0 Å². The third-order valence-electron chi connectivity index (χ3n) is 3.31. The second-order valence-electron chi connectivity index (χ2n) is 5.86. The standard InChI is InChI=1S/C10H22OSi2/c1-10(8-9-11,12(2,3)4)13(5,6)7/h11H,1-7H3. The van der Waals surface area contributed by atoms with Gasteiger partial charge in [0.15, 0.2) is 0 Å². The van der Waals surface area contributed by atoms with Gasteiger partial charge < -0.3 is 5.11 Å². The van der Waals surface area contributed by atoms with Crippen LogP contribution in [0.4, 0.5) is 0 Å². The third kappa shape index (κ3) is 2.38. The first kappa shape index (κ1) is 12.8. The van der Waals surface area contributed by atoms with E-state index in [-0.39, 0.29) is 4.66 Å². The number of aliphatic hydroxyl groups is 1. The topological polar surface area (TPSA) is 20.2 Å². The van der Waals surface area contributed by atoms with Crippen molar-refractivity contribution in [1.29, 1.82) is 0 Å². The lowest BCUT2D eigenvalue weighted by Crippen LogP contribution is -2.51. The molecule has 0 fully saturated rings. The van der Waals surface area contributed by atoms with Gasteiger partial charge in [-0.05, 0) is 0 Å². The first-order valence-corrected chi connectivity index (χ1v) is 11.7. The fourth-order valence-electron chi connectivity index (χ4n) is 1.61. The summed E-state index contributed by atoms with van der Waals surface area (Å²) in [6.07, 6.45) is 2.14. The van der Waals surface area contributed by atoms with Crippen molar-refractivity contribution in [1.82, 2.24) is 0 Å². The van der Waals surface area contributed by atoms with E-state index in [1.54, 1.807) is 0 Å². The van der Waals surface area contributed by atoms with Crippen LogP contribution in [-0.4, -0.2) is 21.3 Å². The molecule has 0 saturated heterocycles. The molecule has 0 aliphatic heterocycles. The highest BCUT2D eigenvalue weighted by Gasteiger charge is 2.48. The highest BCUT2D eigenvalue weighted by Crippen LogP contribution is 2.45. The van der Waals surface area contributed by atoms with Crippen LogP contribution in [0.15, 0.2) is 0 Å². The molecule has 1 nitrogen and oxygen atoms in total. The van der Waals surface area contributed by atoms with E-state index in [4.69, 9.17) is 5.11 Å². The zero-order valence-electron chi connectivity index (χ0n) is 9.95. The Morgan fingerprint density at radius 1 is 0.923 bits per heavy atom. The minimum Gasteiger partial charge on any atom is -0.462 e. The van der Waals surface area contributed by atoms with Gasteiger partial charge in [0, 0.05) is 4.66 Å². The SMILES string of the molecule is CC(C#CO)([Si](C)(C)C)[Si](C)(C)C. The molecule has 0 atom stereocenters. The van der Waals surface area contributed by atoms with E-state index >= 15 is 0 Å². The summed E-state index contributed by atoms with van der Waals surface area (Å²) in [5, 5.41) is 8.81. The van der Waals surface area contributed by atoms with Gasteiger partial charge in [-0.25, -0.2) is 0 Å². The van der Waals surface area contributed by atoms with Crippen molar-refractivity contribution in [3.63, 3.8) is 0 Å². The van der Waals surface area contributed by atoms with Crippen LogP contribution in [0.3, 0.4) is 0 Å². The molecule has 0 unspecified atom stereocenters. The van der Waals surface area contributed by atoms with Gasteiger partial charge in [0.2, 0.25) is 0 Å². The molecule has 0 aromatic heterocycles. The summed E-state index contributed by atoms with van der Waals surface area (Å²) in [5.41, 5.74) is 0. The van der Waals surface area contributed by atoms with E-state index < -0.39 is 16.1 Å². The molecule has 0 heterocycles. The number of hydrogen-bond acceptors (Lipinski definition) is 1. The van der Waals surface area contributed by atoms with Crippen LogP contribution in [0.1, 0.15) is 6.92 Å². The first-order valence-electron chi connectivity index (χ1n) is 4.72. The fraction of sp³-hybridized carbons (Fsp3) is 0.800. The van der Waals surface area contributed by atoms with Crippen molar-refractivity contribution < 1.29 is 5.11 Å². The summed E-state index contributed by atoms with van der Waals surface area (Å²) in [4.78, 5) is 0. The molecule has 0 spiro atoms. The molecular formula is C10H22OSi2. The Balaban J connectivity index is 5.30. The maximum Gasteiger partial charge on any atom is 0.107 e. The number of hydrogen-bond donors (Lipinski definition) is 1. The smallest absolute Gasteiger partial charge is 0.107 e. The van der Waals surface area contributed by atoms with Crippen LogP contribution in [-0.2, 0) is 0 Å². The van der Waals surface area contributed by atoms with Gasteiger partial charge in [0.1, 0.15) is 6.11 Å². The summed E-state index contributed by atoms with van der Waals surface area (Å²) in [6.45, 7) is 16.2. The van der Waals surface area contributed by atoms with Crippen molar-refractivity contribution in [2.24, 2.45) is 0 Å². The van der Waals surface area contributed by atoms with Crippen molar-refractivity contribution >= 4 is 16.1 Å². The predicted octanol–water partition coefficient (Wildman–Crippen LogP) is 3.30. The molecule has 0 radical (unpaired) electrons. The van der Waals surface area contributed by atoms with E-state index in [0.29, 0.717) is 0 Å². The van der Waals surface area contributed by atoms with Crippen LogP contribution in [0, 0.1) is 12.0 Å². The quantitative estimate of drug-likeness (QED) is 0.552. The van der Waals surface area contributed by atoms with E-state index in [9.17, 15) is 0 Å². The Kier molecular flexibility index (Phi) is 3.45. The molecule has 76 valence electrons. The van der Waals surface area contributed by atoms with Crippen molar-refractivity contribution in [3.05, 3.63) is 0 Å². The van der Waals surface area contributed by atoms with Gasteiger partial charge in [0.05, 0.1) is 16.1 Å². The molecule has 0 bridgehead atoms. The van der Waals surface area contributed by atoms with Gasteiger partial charge in [-0.1, -0.05) is 52.1 Å². The molecule has 0 saturated carbocycles. The average Bonchev–Trinajstić information content (AvgIpc) is 1.82. The predicted molar refractivity (Wildman–Crippen MR) is 64.8 cm³/mol. The lowest BCUT2D eigenvalue weighted by Gasteiger charge is -2.45. The van der Waals surface area contributed by atoms with E-state index in [1.807, 2.05) is 0 Å². The van der Waals surface area contributed by atoms with Gasteiger partial charge in [-0.2, -0.15) is 0 Å². The molecule has 0 aliphatic carbocycles. The van der Waals surface area contributed by atoms with Gasteiger partial charge in [0.25, 0.3) is 0 Å². The zero-order valence-corrected chi connectivity index (χ0v) is 11.9. The monoisotopic (exact) mass is 214 g/mol. The Morgan fingerprint density at radius 2 is 1.23 bits per heavy atom. The highest BCUT2D eigenvalue weighted by molar-refractivity contribution is 6.99. The average molecular weight is 214 g/mol. The highest BCUT2D eigenvalue weighted by atomic mass is 28.4. The van der Waals surface area contributed by atoms with Crippen LogP contribution in [0.25, 0.3) is 0 Å². The maximum atomic E-state index is 8.81. The molecule has 0 amide bonds. The van der Waals surface area contributed by atoms with Crippen molar-refractivity contribution in [2.75, 3.05) is 0 Å². The lowest BCUT2D eigenvalue weighted by molar-refractivity contribution is 0.515.